The molecule has 4 nitrogen and oxygen atoms in total. The molecule has 0 aliphatic carbocycles. The van der Waals surface area contributed by atoms with Gasteiger partial charge < -0.3 is 5.32 Å². The van der Waals surface area contributed by atoms with Gasteiger partial charge in [0.15, 0.2) is 9.84 Å². The van der Waals surface area contributed by atoms with Gasteiger partial charge in [-0.2, -0.15) is 13.2 Å². The summed E-state index contributed by atoms with van der Waals surface area (Å²) in [5.74, 6) is -0.739. The van der Waals surface area contributed by atoms with Crippen LogP contribution in [0.1, 0.15) is 25.8 Å². The van der Waals surface area contributed by atoms with E-state index in [4.69, 9.17) is 0 Å². The first kappa shape index (κ1) is 16.8. The first-order valence-corrected chi connectivity index (χ1v) is 8.13. The number of hydrogen-bond acceptors (Lipinski definition) is 3. The number of nitrogens with one attached hydrogen (secondary N) is 1. The molecule has 1 amide bonds. The molecule has 0 aromatic heterocycles. The van der Waals surface area contributed by atoms with Crippen LogP contribution in [-0.2, 0) is 20.8 Å². The third-order valence-electron chi connectivity index (χ3n) is 4.12. The summed E-state index contributed by atoms with van der Waals surface area (Å²) in [7, 11) is -4.02. The summed E-state index contributed by atoms with van der Waals surface area (Å²) in [6.45, 7) is 3.07. The van der Waals surface area contributed by atoms with Gasteiger partial charge in [0.25, 0.3) is 0 Å². The highest BCUT2D eigenvalue weighted by Crippen LogP contribution is 2.37. The second kappa shape index (κ2) is 5.26. The first-order chi connectivity index (χ1) is 9.96. The molecule has 2 rings (SSSR count). The molecule has 122 valence electrons. The highest BCUT2D eigenvalue weighted by atomic mass is 32.2. The highest BCUT2D eigenvalue weighted by molar-refractivity contribution is 7.92. The fourth-order valence-electron chi connectivity index (χ4n) is 2.46. The molecule has 1 saturated heterocycles. The van der Waals surface area contributed by atoms with E-state index in [1.165, 1.54) is 13.8 Å². The van der Waals surface area contributed by atoms with Crippen LogP contribution in [0.15, 0.2) is 29.2 Å². The number of sulfone groups is 1. The van der Waals surface area contributed by atoms with Crippen LogP contribution in [0.25, 0.3) is 0 Å². The Labute approximate surface area is 126 Å². The molecular weight excluding hydrogens is 319 g/mol. The van der Waals surface area contributed by atoms with Crippen molar-refractivity contribution in [3.05, 3.63) is 29.8 Å². The molecule has 1 atom stereocenters. The lowest BCUT2D eigenvalue weighted by Gasteiger charge is -2.30. The second-order valence-electron chi connectivity index (χ2n) is 5.84. The van der Waals surface area contributed by atoms with Gasteiger partial charge >= 0.3 is 6.18 Å². The Hall–Kier alpha value is -1.57. The summed E-state index contributed by atoms with van der Waals surface area (Å²) in [6, 6.07) is 3.69. The summed E-state index contributed by atoms with van der Waals surface area (Å²) in [4.78, 5) is 10.9. The van der Waals surface area contributed by atoms with E-state index in [1.807, 2.05) is 0 Å². The fraction of sp³-hybridized carbons (Fsp3) is 0.500. The summed E-state index contributed by atoms with van der Waals surface area (Å²) in [5.41, 5.74) is -1.01. The van der Waals surface area contributed by atoms with Crippen LogP contribution in [-0.4, -0.2) is 25.6 Å². The van der Waals surface area contributed by atoms with Gasteiger partial charge in [0, 0.05) is 18.9 Å². The molecular formula is C14H16F3NO3S. The molecule has 1 unspecified atom stereocenters. The normalized spacial score (nSPS) is 20.0. The zero-order valence-corrected chi connectivity index (χ0v) is 12.9. The van der Waals surface area contributed by atoms with Gasteiger partial charge in [0.05, 0.1) is 15.2 Å². The predicted octanol–water partition coefficient (Wildman–Crippen LogP) is 2.39. The van der Waals surface area contributed by atoms with Crippen LogP contribution in [0.3, 0.4) is 0 Å². The maximum atomic E-state index is 12.8. The van der Waals surface area contributed by atoms with Crippen LogP contribution < -0.4 is 5.32 Å². The van der Waals surface area contributed by atoms with Crippen LogP contribution >= 0.6 is 0 Å². The molecule has 1 N–H and O–H groups in total. The Balaban J connectivity index is 2.44. The van der Waals surface area contributed by atoms with Gasteiger partial charge in [0.2, 0.25) is 5.91 Å². The second-order valence-corrected chi connectivity index (χ2v) is 8.37. The first-order valence-electron chi connectivity index (χ1n) is 6.65. The highest BCUT2D eigenvalue weighted by Gasteiger charge is 2.46. The monoisotopic (exact) mass is 335 g/mol. The number of carbonyl (C=O) groups is 1. The minimum atomic E-state index is -4.61. The Morgan fingerprint density at radius 3 is 2.36 bits per heavy atom. The molecule has 8 heteroatoms. The maximum Gasteiger partial charge on any atom is 0.416 e. The summed E-state index contributed by atoms with van der Waals surface area (Å²) in [5, 5.41) is 2.55. The Morgan fingerprint density at radius 2 is 1.86 bits per heavy atom. The summed E-state index contributed by atoms with van der Waals surface area (Å²) < 4.78 is 62.4. The molecule has 0 saturated carbocycles. The number of benzene rings is 1. The largest absolute Gasteiger partial charge is 0.416 e. The summed E-state index contributed by atoms with van der Waals surface area (Å²) in [6.07, 6.45) is -4.56. The smallest absolute Gasteiger partial charge is 0.356 e. The fourth-order valence-corrected chi connectivity index (χ4v) is 4.21. The third kappa shape index (κ3) is 2.84. The number of amides is 1. The lowest BCUT2D eigenvalue weighted by atomic mass is 9.94. The van der Waals surface area contributed by atoms with E-state index in [-0.39, 0.29) is 23.8 Å². The van der Waals surface area contributed by atoms with Crippen LogP contribution in [0, 0.1) is 5.92 Å². The van der Waals surface area contributed by atoms with Crippen molar-refractivity contribution in [1.29, 1.82) is 0 Å². The van der Waals surface area contributed by atoms with E-state index in [0.717, 1.165) is 18.2 Å². The standard InChI is InChI=1S/C14H16F3NO3S/c1-13(2,10-7-12(19)18-8-10)22(20,21)11-5-3-4-9(6-11)14(15,16)17/h3-6,10H,7-8H2,1-2H3,(H,18,19). The van der Waals surface area contributed by atoms with E-state index in [1.54, 1.807) is 0 Å². The topological polar surface area (TPSA) is 63.2 Å². The minimum absolute atomic E-state index is 0.0468. The number of rotatable bonds is 3. The quantitative estimate of drug-likeness (QED) is 0.922. The van der Waals surface area contributed by atoms with Crippen molar-refractivity contribution in [2.24, 2.45) is 5.92 Å². The van der Waals surface area contributed by atoms with Crippen molar-refractivity contribution < 1.29 is 26.4 Å². The van der Waals surface area contributed by atoms with E-state index in [0.29, 0.717) is 6.07 Å². The predicted molar refractivity (Wildman–Crippen MR) is 73.8 cm³/mol. The Morgan fingerprint density at radius 1 is 1.23 bits per heavy atom. The van der Waals surface area contributed by atoms with Crippen LogP contribution in [0.2, 0.25) is 0 Å². The number of carbonyl (C=O) groups excluding carboxylic acids is 1. The molecule has 1 aromatic carbocycles. The number of halogens is 3. The molecule has 1 aromatic rings. The molecule has 0 radical (unpaired) electrons. The lowest BCUT2D eigenvalue weighted by Crippen LogP contribution is -2.41. The van der Waals surface area contributed by atoms with Gasteiger partial charge in [-0.15, -0.1) is 0 Å². The molecule has 22 heavy (non-hydrogen) atoms. The van der Waals surface area contributed by atoms with Gasteiger partial charge in [-0.1, -0.05) is 6.07 Å². The molecule has 1 heterocycles. The Kier molecular flexibility index (Phi) is 4.01. The van der Waals surface area contributed by atoms with E-state index >= 15 is 0 Å². The summed E-state index contributed by atoms with van der Waals surface area (Å²) >= 11 is 0. The van der Waals surface area contributed by atoms with Gasteiger partial charge in [-0.3, -0.25) is 4.79 Å². The maximum absolute atomic E-state index is 12.8. The van der Waals surface area contributed by atoms with Crippen molar-refractivity contribution in [1.82, 2.24) is 5.32 Å². The zero-order chi connectivity index (χ0) is 16.8. The molecule has 0 bridgehead atoms. The SMILES string of the molecule is CC(C)(C1CNC(=O)C1)S(=O)(=O)c1cccc(C(F)(F)F)c1. The molecule has 0 spiro atoms. The molecule has 1 aliphatic heterocycles. The van der Waals surface area contributed by atoms with Gasteiger partial charge in [-0.05, 0) is 32.0 Å². The molecule has 1 aliphatic rings. The van der Waals surface area contributed by atoms with Gasteiger partial charge in [-0.25, -0.2) is 8.42 Å². The van der Waals surface area contributed by atoms with Gasteiger partial charge in [0.1, 0.15) is 0 Å². The number of alkyl halides is 3. The molecule has 1 fully saturated rings. The van der Waals surface area contributed by atoms with Crippen molar-refractivity contribution in [2.45, 2.75) is 36.1 Å². The van der Waals surface area contributed by atoms with E-state index in [9.17, 15) is 26.4 Å². The minimum Gasteiger partial charge on any atom is -0.356 e. The van der Waals surface area contributed by atoms with Crippen molar-refractivity contribution in [2.75, 3.05) is 6.54 Å². The zero-order valence-electron chi connectivity index (χ0n) is 12.1. The number of hydrogen-bond donors (Lipinski definition) is 1. The average molecular weight is 335 g/mol. The Bertz CT molecular complexity index is 696. The van der Waals surface area contributed by atoms with E-state index < -0.39 is 32.2 Å². The lowest BCUT2D eigenvalue weighted by molar-refractivity contribution is -0.137. The van der Waals surface area contributed by atoms with Crippen LogP contribution in [0.5, 0.6) is 0 Å². The average Bonchev–Trinajstić information content (AvgIpc) is 2.85. The van der Waals surface area contributed by atoms with E-state index in [2.05, 4.69) is 5.32 Å². The van der Waals surface area contributed by atoms with Crippen molar-refractivity contribution >= 4 is 15.7 Å². The van der Waals surface area contributed by atoms with Crippen LogP contribution in [0.4, 0.5) is 13.2 Å². The van der Waals surface area contributed by atoms with Crippen molar-refractivity contribution in [3.63, 3.8) is 0 Å². The third-order valence-corrected chi connectivity index (χ3v) is 6.72. The van der Waals surface area contributed by atoms with Crippen molar-refractivity contribution in [3.8, 4) is 0 Å².